The van der Waals surface area contributed by atoms with E-state index in [1.807, 2.05) is 6.92 Å². The van der Waals surface area contributed by atoms with Gasteiger partial charge in [0.15, 0.2) is 0 Å². The van der Waals surface area contributed by atoms with Crippen LogP contribution in [-0.2, 0) is 20.7 Å². The summed E-state index contributed by atoms with van der Waals surface area (Å²) in [6.07, 6.45) is -0.475. The van der Waals surface area contributed by atoms with Gasteiger partial charge in [-0.3, -0.25) is 9.59 Å². The van der Waals surface area contributed by atoms with Crippen molar-refractivity contribution >= 4 is 46.6 Å². The van der Waals surface area contributed by atoms with Crippen molar-refractivity contribution in [2.45, 2.75) is 50.5 Å². The molecule has 0 aliphatic carbocycles. The zero-order valence-electron chi connectivity index (χ0n) is 20.0. The van der Waals surface area contributed by atoms with Crippen molar-refractivity contribution in [2.75, 3.05) is 0 Å². The lowest BCUT2D eigenvalue weighted by atomic mass is 9.88. The summed E-state index contributed by atoms with van der Waals surface area (Å²) in [5.74, 6) is -1.36. The molecule has 2 N–H and O–H groups in total. The number of rotatable bonds is 8. The summed E-state index contributed by atoms with van der Waals surface area (Å²) in [6.45, 7) is 1.92. The summed E-state index contributed by atoms with van der Waals surface area (Å²) in [4.78, 5) is 28.2. The SMILES string of the molecule is CCC[C@H](C(N)=O)N1C(=O)[C@H](Cc2ccc(F)cc2)O[C@@H](c2ccc(Cl)c(Cl)c2)[C@H]1c1ccc(Cl)cc1. The molecule has 0 radical (unpaired) electrons. The number of hydrogen-bond acceptors (Lipinski definition) is 3. The Kier molecular flexibility index (Phi) is 8.75. The van der Waals surface area contributed by atoms with E-state index < -0.39 is 30.2 Å². The number of morpholine rings is 1. The van der Waals surface area contributed by atoms with Gasteiger partial charge in [-0.25, -0.2) is 4.39 Å². The van der Waals surface area contributed by atoms with Crippen LogP contribution in [0.5, 0.6) is 0 Å². The summed E-state index contributed by atoms with van der Waals surface area (Å²) in [6, 6.07) is 16.5. The van der Waals surface area contributed by atoms with Gasteiger partial charge in [-0.05, 0) is 59.5 Å². The second kappa shape index (κ2) is 11.8. The Bertz CT molecular complexity index is 1270. The zero-order valence-corrected chi connectivity index (χ0v) is 22.3. The highest BCUT2D eigenvalue weighted by Crippen LogP contribution is 2.45. The first-order valence-electron chi connectivity index (χ1n) is 11.9. The lowest BCUT2D eigenvalue weighted by molar-refractivity contribution is -0.181. The molecule has 1 aliphatic heterocycles. The lowest BCUT2D eigenvalue weighted by Crippen LogP contribution is -2.58. The predicted octanol–water partition coefficient (Wildman–Crippen LogP) is 6.69. The van der Waals surface area contributed by atoms with Crippen molar-refractivity contribution in [3.63, 3.8) is 0 Å². The van der Waals surface area contributed by atoms with E-state index >= 15 is 0 Å². The molecule has 37 heavy (non-hydrogen) atoms. The van der Waals surface area contributed by atoms with Gasteiger partial charge in [0.1, 0.15) is 24.1 Å². The molecule has 0 bridgehead atoms. The van der Waals surface area contributed by atoms with Crippen molar-refractivity contribution in [2.24, 2.45) is 5.73 Å². The van der Waals surface area contributed by atoms with Crippen LogP contribution in [-0.4, -0.2) is 28.9 Å². The fraction of sp³-hybridized carbons (Fsp3) is 0.286. The highest BCUT2D eigenvalue weighted by atomic mass is 35.5. The molecular formula is C28H26Cl3FN2O3. The maximum Gasteiger partial charge on any atom is 0.253 e. The van der Waals surface area contributed by atoms with Crippen LogP contribution in [0.3, 0.4) is 0 Å². The molecule has 0 saturated carbocycles. The Morgan fingerprint density at radius 3 is 2.24 bits per heavy atom. The van der Waals surface area contributed by atoms with Crippen LogP contribution in [0, 0.1) is 5.82 Å². The summed E-state index contributed by atoms with van der Waals surface area (Å²) in [5.41, 5.74) is 7.96. The van der Waals surface area contributed by atoms with Crippen LogP contribution in [0.15, 0.2) is 66.7 Å². The van der Waals surface area contributed by atoms with E-state index in [0.29, 0.717) is 39.0 Å². The van der Waals surface area contributed by atoms with Crippen molar-refractivity contribution < 1.29 is 18.7 Å². The molecule has 1 saturated heterocycles. The second-order valence-electron chi connectivity index (χ2n) is 9.00. The quantitative estimate of drug-likeness (QED) is 0.332. The molecule has 1 aliphatic rings. The minimum Gasteiger partial charge on any atom is -0.368 e. The number of carbonyl (C=O) groups is 2. The number of carbonyl (C=O) groups excluding carboxylic acids is 2. The number of ether oxygens (including phenoxy) is 1. The van der Waals surface area contributed by atoms with Crippen LogP contribution in [0.25, 0.3) is 0 Å². The molecule has 1 fully saturated rings. The topological polar surface area (TPSA) is 72.6 Å². The van der Waals surface area contributed by atoms with Crippen LogP contribution in [0.2, 0.25) is 15.1 Å². The number of nitrogens with zero attached hydrogens (tertiary/aromatic N) is 1. The van der Waals surface area contributed by atoms with E-state index in [-0.39, 0.29) is 18.1 Å². The van der Waals surface area contributed by atoms with Gasteiger partial charge in [-0.15, -0.1) is 0 Å². The van der Waals surface area contributed by atoms with Crippen molar-refractivity contribution in [1.82, 2.24) is 4.90 Å². The smallest absolute Gasteiger partial charge is 0.253 e. The molecule has 194 valence electrons. The van der Waals surface area contributed by atoms with Crippen molar-refractivity contribution in [1.29, 1.82) is 0 Å². The fourth-order valence-electron chi connectivity index (χ4n) is 4.71. The normalized spacial score (nSPS) is 20.6. The van der Waals surface area contributed by atoms with Crippen molar-refractivity contribution in [3.8, 4) is 0 Å². The number of halogens is 4. The maximum absolute atomic E-state index is 14.0. The van der Waals surface area contributed by atoms with E-state index in [2.05, 4.69) is 0 Å². The number of benzene rings is 3. The van der Waals surface area contributed by atoms with Gasteiger partial charge in [0.25, 0.3) is 5.91 Å². The molecule has 2 amide bonds. The Hall–Kier alpha value is -2.64. The number of nitrogens with two attached hydrogens (primary N) is 1. The molecule has 1 heterocycles. The van der Waals surface area contributed by atoms with E-state index in [1.54, 1.807) is 59.5 Å². The third-order valence-electron chi connectivity index (χ3n) is 6.47. The molecule has 9 heteroatoms. The Balaban J connectivity index is 1.87. The van der Waals surface area contributed by atoms with Gasteiger partial charge in [-0.2, -0.15) is 0 Å². The predicted molar refractivity (Wildman–Crippen MR) is 143 cm³/mol. The average molecular weight is 564 g/mol. The van der Waals surface area contributed by atoms with Crippen LogP contribution in [0.4, 0.5) is 4.39 Å². The minimum atomic E-state index is -0.952. The first-order valence-corrected chi connectivity index (χ1v) is 13.0. The van der Waals surface area contributed by atoms with E-state index in [0.717, 1.165) is 5.56 Å². The fourth-order valence-corrected chi connectivity index (χ4v) is 5.15. The van der Waals surface area contributed by atoms with Gasteiger partial charge >= 0.3 is 0 Å². The minimum absolute atomic E-state index is 0.179. The molecule has 4 rings (SSSR count). The third-order valence-corrected chi connectivity index (χ3v) is 7.46. The van der Waals surface area contributed by atoms with E-state index in [9.17, 15) is 14.0 Å². The van der Waals surface area contributed by atoms with E-state index in [4.69, 9.17) is 45.3 Å². The van der Waals surface area contributed by atoms with Gasteiger partial charge in [0.05, 0.1) is 16.1 Å². The molecule has 0 unspecified atom stereocenters. The monoisotopic (exact) mass is 562 g/mol. The first-order chi connectivity index (χ1) is 17.7. The average Bonchev–Trinajstić information content (AvgIpc) is 2.87. The third kappa shape index (κ3) is 6.10. The molecule has 0 aromatic heterocycles. The summed E-state index contributed by atoms with van der Waals surface area (Å²) in [5, 5.41) is 1.23. The standard InChI is InChI=1S/C28H26Cl3FN2O3/c1-2-3-23(27(33)35)34-25(17-6-9-19(29)10-7-17)26(18-8-13-21(30)22(31)15-18)37-24(28(34)36)14-16-4-11-20(32)12-5-16/h4-13,15,23-26H,2-3,14H2,1H3,(H2,33,35)/t23-,24+,25-,26+/m1/s1. The molecule has 3 aromatic carbocycles. The molecule has 0 spiro atoms. The number of amides is 2. The molecular weight excluding hydrogens is 538 g/mol. The largest absolute Gasteiger partial charge is 0.368 e. The lowest BCUT2D eigenvalue weighted by Gasteiger charge is -2.47. The van der Waals surface area contributed by atoms with Crippen LogP contribution in [0.1, 0.15) is 48.6 Å². The Labute approximate surface area is 230 Å². The second-order valence-corrected chi connectivity index (χ2v) is 10.2. The van der Waals surface area contributed by atoms with Gasteiger partial charge in [0, 0.05) is 11.4 Å². The number of primary amides is 1. The first kappa shape index (κ1) is 27.4. The Morgan fingerprint density at radius 1 is 1.00 bits per heavy atom. The summed E-state index contributed by atoms with van der Waals surface area (Å²) >= 11 is 18.7. The maximum atomic E-state index is 14.0. The van der Waals surface area contributed by atoms with Gasteiger partial charge in [-0.1, -0.05) is 78.5 Å². The molecule has 4 atom stereocenters. The van der Waals surface area contributed by atoms with Gasteiger partial charge in [0.2, 0.25) is 5.91 Å². The Morgan fingerprint density at radius 2 is 1.65 bits per heavy atom. The molecule has 3 aromatic rings. The zero-order chi connectivity index (χ0) is 26.7. The van der Waals surface area contributed by atoms with E-state index in [1.165, 1.54) is 12.1 Å². The summed E-state index contributed by atoms with van der Waals surface area (Å²) in [7, 11) is 0. The van der Waals surface area contributed by atoms with Crippen LogP contribution < -0.4 is 5.73 Å². The summed E-state index contributed by atoms with van der Waals surface area (Å²) < 4.78 is 20.0. The highest BCUT2D eigenvalue weighted by Gasteiger charge is 2.48. The molecule has 5 nitrogen and oxygen atoms in total. The van der Waals surface area contributed by atoms with Gasteiger partial charge < -0.3 is 15.4 Å². The van der Waals surface area contributed by atoms with Crippen LogP contribution >= 0.6 is 34.8 Å². The number of hydrogen-bond donors (Lipinski definition) is 1. The van der Waals surface area contributed by atoms with Crippen molar-refractivity contribution in [3.05, 3.63) is 104 Å². The highest BCUT2D eigenvalue weighted by molar-refractivity contribution is 6.42.